The molecule has 0 aliphatic carbocycles. The van der Waals surface area contributed by atoms with Crippen molar-refractivity contribution in [1.29, 1.82) is 0 Å². The molecule has 6 nitrogen and oxygen atoms in total. The fourth-order valence-corrected chi connectivity index (χ4v) is 9.27. The smallest absolute Gasteiger partial charge is 0.268 e. The Morgan fingerprint density at radius 1 is 0.662 bits per heavy atom. The summed E-state index contributed by atoms with van der Waals surface area (Å²) in [6, 6.07) is 39.5. The van der Waals surface area contributed by atoms with Gasteiger partial charge in [-0.1, -0.05) is 155 Å². The first-order valence-electron chi connectivity index (χ1n) is 27.0. The first-order valence-corrected chi connectivity index (χ1v) is 22.0. The predicted molar refractivity (Wildman–Crippen MR) is 268 cm³/mol. The van der Waals surface area contributed by atoms with Gasteiger partial charge in [-0.2, -0.15) is 18.2 Å². The van der Waals surface area contributed by atoms with Crippen molar-refractivity contribution in [2.45, 2.75) is 45.4 Å². The first-order chi connectivity index (χ1) is 36.7. The number of benzene rings is 8. The summed E-state index contributed by atoms with van der Waals surface area (Å²) in [4.78, 5) is 4.83. The van der Waals surface area contributed by atoms with Crippen molar-refractivity contribution in [1.82, 2.24) is 14.1 Å². The van der Waals surface area contributed by atoms with E-state index < -0.39 is 65.8 Å². The van der Waals surface area contributed by atoms with Crippen molar-refractivity contribution in [3.05, 3.63) is 223 Å². The van der Waals surface area contributed by atoms with Crippen LogP contribution in [-0.2, 0) is 31.9 Å². The van der Waals surface area contributed by atoms with Crippen molar-refractivity contribution >= 4 is 32.8 Å². The van der Waals surface area contributed by atoms with Gasteiger partial charge >= 0.3 is 0 Å². The molecule has 0 fully saturated rings. The average molecular weight is 1070 g/mol. The maximum absolute atomic E-state index is 9.21. The second-order valence-corrected chi connectivity index (χ2v) is 18.1. The molecule has 7 heteroatoms. The van der Waals surface area contributed by atoms with Gasteiger partial charge in [0, 0.05) is 60.8 Å². The molecule has 0 bridgehead atoms. The Morgan fingerprint density at radius 2 is 1.35 bits per heavy atom. The third-order valence-corrected chi connectivity index (χ3v) is 12.6. The summed E-state index contributed by atoms with van der Waals surface area (Å²) in [6.07, 6.45) is 5.34. The first kappa shape index (κ1) is 33.0. The maximum Gasteiger partial charge on any atom is 0.268 e. The molecule has 3 aromatic heterocycles. The number of nitrogens with zero attached hydrogens (tertiary/aromatic N) is 4. The third kappa shape index (κ3) is 7.23. The predicted octanol–water partition coefficient (Wildman–Crippen LogP) is 14.7. The molecule has 1 aliphatic heterocycles. The molecule has 1 aliphatic rings. The number of ether oxygens (including phenoxy) is 2. The molecule has 8 aromatic carbocycles. The number of hydrogen-bond donors (Lipinski definition) is 0. The van der Waals surface area contributed by atoms with Crippen LogP contribution in [0.2, 0.25) is 0 Å². The van der Waals surface area contributed by atoms with Crippen molar-refractivity contribution in [2.75, 3.05) is 0 Å². The van der Waals surface area contributed by atoms with Gasteiger partial charge < -0.3 is 18.6 Å². The Balaban J connectivity index is 0.00000645. The number of hydrogen-bond acceptors (Lipinski definition) is 3. The minimum Gasteiger partial charge on any atom is -0.510 e. The van der Waals surface area contributed by atoms with Crippen LogP contribution in [0.4, 0.5) is 0 Å². The monoisotopic (exact) mass is 1070 g/mol. The summed E-state index contributed by atoms with van der Waals surface area (Å²) < 4.78 is 108. The molecule has 0 N–H and O–H groups in total. The van der Waals surface area contributed by atoms with Gasteiger partial charge in [0.2, 0.25) is 0 Å². The van der Waals surface area contributed by atoms with E-state index in [1.165, 1.54) is 0 Å². The fraction of sp³-hybridized carbons (Fsp3) is 0.115. The second kappa shape index (κ2) is 16.7. The zero-order valence-corrected chi connectivity index (χ0v) is 39.8. The summed E-state index contributed by atoms with van der Waals surface area (Å²) in [6.45, 7) is 10.7. The van der Waals surface area contributed by atoms with Crippen LogP contribution in [0.15, 0.2) is 188 Å². The number of para-hydroxylation sites is 3. The summed E-state index contributed by atoms with van der Waals surface area (Å²) in [7, 11) is 0. The molecule has 0 saturated carbocycles. The standard InChI is InChI=1S/C61H46N4O2.Pt/c1-60(2,3)42-32-33-62-58(34-42)65-52-28-14-12-24-48(52)49-31-30-45(36-53(49)65)66-44-23-16-22-43(35-44)63-39-64(54-37-51-57(38-55(54)63)67-56-29-15-13-27-50(56)61(51,4)5)59-46(40-18-8-6-9-19-40)25-17-26-47(59)41-20-10-7-11-21-41;/h6-34,37-38H,1-5H3;/q-2;/i6D,7D,8D,9D,10D,11D,18D,19D,20D,21D;. The molecule has 0 spiro atoms. The largest absolute Gasteiger partial charge is 0.510 e. The van der Waals surface area contributed by atoms with Gasteiger partial charge in [0.1, 0.15) is 17.3 Å². The molecular weight excluding hydrogens is 1020 g/mol. The molecule has 68 heavy (non-hydrogen) atoms. The topological polar surface area (TPSA) is 45.1 Å². The van der Waals surface area contributed by atoms with Crippen molar-refractivity contribution < 1.29 is 48.8 Å². The summed E-state index contributed by atoms with van der Waals surface area (Å²) >= 11 is 0. The van der Waals surface area contributed by atoms with E-state index in [2.05, 4.69) is 75.8 Å². The molecule has 4 heterocycles. The van der Waals surface area contributed by atoms with E-state index in [4.69, 9.17) is 22.7 Å². The van der Waals surface area contributed by atoms with Gasteiger partial charge in [-0.3, -0.25) is 4.57 Å². The van der Waals surface area contributed by atoms with E-state index in [9.17, 15) is 5.48 Å². The molecule has 0 amide bonds. The van der Waals surface area contributed by atoms with E-state index in [0.717, 1.165) is 44.3 Å². The molecule has 0 radical (unpaired) electrons. The van der Waals surface area contributed by atoms with E-state index in [1.54, 1.807) is 33.4 Å². The van der Waals surface area contributed by atoms with Gasteiger partial charge in [0.05, 0.1) is 30.4 Å². The minimum absolute atomic E-state index is 0. The Morgan fingerprint density at radius 3 is 2.10 bits per heavy atom. The quantitative estimate of drug-likeness (QED) is 0.118. The third-order valence-electron chi connectivity index (χ3n) is 12.6. The van der Waals surface area contributed by atoms with E-state index in [-0.39, 0.29) is 54.4 Å². The molecular formula is C61H46N4O2Pt-2. The second-order valence-electron chi connectivity index (χ2n) is 18.1. The van der Waals surface area contributed by atoms with Gasteiger partial charge in [-0.15, -0.1) is 29.7 Å². The molecule has 12 rings (SSSR count). The van der Waals surface area contributed by atoms with Gasteiger partial charge in [0.25, 0.3) is 6.33 Å². The van der Waals surface area contributed by atoms with Gasteiger partial charge in [-0.25, -0.2) is 4.98 Å². The minimum atomic E-state index is -0.630. The Hall–Kier alpha value is -7.53. The van der Waals surface area contributed by atoms with Gasteiger partial charge in [0.15, 0.2) is 0 Å². The zero-order chi connectivity index (χ0) is 54.1. The average Bonchev–Trinajstić information content (AvgIpc) is 4.17. The number of fused-ring (bicyclic) bond motifs is 6. The van der Waals surface area contributed by atoms with Gasteiger partial charge in [-0.05, 0) is 80.7 Å². The van der Waals surface area contributed by atoms with Crippen LogP contribution < -0.4 is 14.0 Å². The zero-order valence-electron chi connectivity index (χ0n) is 47.5. The van der Waals surface area contributed by atoms with Crippen LogP contribution in [0.5, 0.6) is 23.0 Å². The molecule has 0 saturated heterocycles. The van der Waals surface area contributed by atoms with Crippen molar-refractivity contribution in [3.8, 4) is 62.4 Å². The van der Waals surface area contributed by atoms with Crippen LogP contribution in [0.25, 0.3) is 72.3 Å². The Kier molecular flexibility index (Phi) is 8.09. The Labute approximate surface area is 425 Å². The van der Waals surface area contributed by atoms with Crippen LogP contribution in [0.3, 0.4) is 0 Å². The van der Waals surface area contributed by atoms with Crippen LogP contribution in [0.1, 0.15) is 65.0 Å². The normalized spacial score (nSPS) is 15.0. The summed E-state index contributed by atoms with van der Waals surface area (Å²) in [5.74, 6) is 2.73. The van der Waals surface area contributed by atoms with Crippen LogP contribution in [-0.4, -0.2) is 14.1 Å². The van der Waals surface area contributed by atoms with Crippen LogP contribution in [0, 0.1) is 18.5 Å². The van der Waals surface area contributed by atoms with E-state index in [0.29, 0.717) is 39.7 Å². The van der Waals surface area contributed by atoms with Crippen LogP contribution >= 0.6 is 0 Å². The number of imidazole rings is 1. The number of pyridine rings is 1. The maximum atomic E-state index is 9.21. The Bertz CT molecular complexity index is 4190. The number of rotatable bonds is 7. The van der Waals surface area contributed by atoms with Crippen molar-refractivity contribution in [2.24, 2.45) is 0 Å². The molecule has 334 valence electrons. The molecule has 0 atom stereocenters. The summed E-state index contributed by atoms with van der Waals surface area (Å²) in [5.41, 5.74) is 5.36. The van der Waals surface area contributed by atoms with Crippen molar-refractivity contribution in [3.63, 3.8) is 0 Å². The molecule has 11 aromatic rings. The summed E-state index contributed by atoms with van der Waals surface area (Å²) in [5, 5.41) is 2.00. The van der Waals surface area contributed by atoms with E-state index in [1.807, 2.05) is 85.1 Å². The SMILES string of the molecule is [2H]c1c([2H])c([2H])c(-c2cccc(-c3c([2H])c([2H])c([2H])c([2H])c3[2H])c2-[n+]2[c-]n(-c3[c-]c(Oc4[c-]c5c(cc4)c4ccccc4n5-c4cc(C(C)(C)C)ccn4)ccc3)c3cc4c(cc32)C(C)(C)c2ccccc2O4)c([2H])c1[2H].[Pt]. The molecule has 0 unspecified atom stereocenters. The number of aromatic nitrogens is 4. The van der Waals surface area contributed by atoms with E-state index >= 15 is 0 Å². The fourth-order valence-electron chi connectivity index (χ4n) is 9.27.